The Labute approximate surface area is 87.5 Å². The highest BCUT2D eigenvalue weighted by Crippen LogP contribution is 2.21. The zero-order valence-electron chi connectivity index (χ0n) is 8.79. The average Bonchev–Trinajstić information content (AvgIpc) is 2.61. The standard InChI is InChI=1S/C11H14FN3/c1-6(2)9(13)11-14-8-5-3-4-7(12)10(8)15-11/h3-6,9H,13H2,1-2H3,(H,14,15)/t9-/m0/s1. The second kappa shape index (κ2) is 3.62. The molecule has 0 spiro atoms. The van der Waals surface area contributed by atoms with Crippen LogP contribution in [0, 0.1) is 11.7 Å². The third-order valence-corrected chi connectivity index (χ3v) is 2.52. The summed E-state index contributed by atoms with van der Waals surface area (Å²) >= 11 is 0. The molecule has 0 aliphatic rings. The van der Waals surface area contributed by atoms with Gasteiger partial charge in [-0.2, -0.15) is 0 Å². The van der Waals surface area contributed by atoms with Crippen LogP contribution < -0.4 is 5.73 Å². The number of para-hydroxylation sites is 1. The van der Waals surface area contributed by atoms with E-state index in [-0.39, 0.29) is 17.8 Å². The third-order valence-electron chi connectivity index (χ3n) is 2.52. The summed E-state index contributed by atoms with van der Waals surface area (Å²) in [4.78, 5) is 7.22. The van der Waals surface area contributed by atoms with Gasteiger partial charge in [-0.15, -0.1) is 0 Å². The molecule has 0 aliphatic carbocycles. The number of rotatable bonds is 2. The maximum atomic E-state index is 13.3. The van der Waals surface area contributed by atoms with Crippen molar-refractivity contribution in [1.29, 1.82) is 0 Å². The Morgan fingerprint density at radius 3 is 2.73 bits per heavy atom. The van der Waals surface area contributed by atoms with Crippen LogP contribution in [0.4, 0.5) is 4.39 Å². The molecule has 0 amide bonds. The summed E-state index contributed by atoms with van der Waals surface area (Å²) < 4.78 is 13.3. The molecule has 2 aromatic rings. The van der Waals surface area contributed by atoms with E-state index in [1.807, 2.05) is 13.8 Å². The van der Waals surface area contributed by atoms with Crippen LogP contribution in [-0.2, 0) is 0 Å². The van der Waals surface area contributed by atoms with Crippen LogP contribution >= 0.6 is 0 Å². The molecule has 0 aliphatic heterocycles. The molecule has 0 bridgehead atoms. The van der Waals surface area contributed by atoms with Crippen molar-refractivity contribution >= 4 is 11.0 Å². The Bertz CT molecular complexity index is 476. The van der Waals surface area contributed by atoms with Crippen LogP contribution in [0.15, 0.2) is 18.2 Å². The molecule has 0 unspecified atom stereocenters. The number of hydrogen-bond donors (Lipinski definition) is 2. The number of imidazole rings is 1. The number of aromatic nitrogens is 2. The molecular weight excluding hydrogens is 193 g/mol. The number of aromatic amines is 1. The van der Waals surface area contributed by atoms with Crippen molar-refractivity contribution in [3.05, 3.63) is 29.8 Å². The number of nitrogens with one attached hydrogen (secondary N) is 1. The first-order valence-electron chi connectivity index (χ1n) is 4.99. The van der Waals surface area contributed by atoms with E-state index < -0.39 is 0 Å². The minimum absolute atomic E-state index is 0.184. The molecule has 4 heteroatoms. The van der Waals surface area contributed by atoms with Gasteiger partial charge in [0.1, 0.15) is 11.3 Å². The van der Waals surface area contributed by atoms with Crippen LogP contribution in [0.5, 0.6) is 0 Å². The van der Waals surface area contributed by atoms with Crippen LogP contribution in [0.3, 0.4) is 0 Å². The van der Waals surface area contributed by atoms with Crippen molar-refractivity contribution in [2.75, 3.05) is 0 Å². The van der Waals surface area contributed by atoms with Crippen molar-refractivity contribution in [1.82, 2.24) is 9.97 Å². The summed E-state index contributed by atoms with van der Waals surface area (Å²) in [6.07, 6.45) is 0. The molecule has 0 radical (unpaired) electrons. The summed E-state index contributed by atoms with van der Waals surface area (Å²) in [6.45, 7) is 4.02. The van der Waals surface area contributed by atoms with Crippen molar-refractivity contribution in [3.8, 4) is 0 Å². The van der Waals surface area contributed by atoms with Gasteiger partial charge in [-0.25, -0.2) is 9.37 Å². The summed E-state index contributed by atoms with van der Waals surface area (Å²) in [5.41, 5.74) is 7.00. The van der Waals surface area contributed by atoms with Crippen LogP contribution in [-0.4, -0.2) is 9.97 Å². The number of hydrogen-bond acceptors (Lipinski definition) is 2. The maximum Gasteiger partial charge on any atom is 0.151 e. The summed E-state index contributed by atoms with van der Waals surface area (Å²) in [5.74, 6) is 0.602. The largest absolute Gasteiger partial charge is 0.341 e. The van der Waals surface area contributed by atoms with E-state index in [9.17, 15) is 4.39 Å². The van der Waals surface area contributed by atoms with Gasteiger partial charge in [-0.1, -0.05) is 19.9 Å². The van der Waals surface area contributed by atoms with Gasteiger partial charge < -0.3 is 10.7 Å². The normalized spacial score (nSPS) is 13.7. The van der Waals surface area contributed by atoms with Crippen LogP contribution in [0.1, 0.15) is 25.7 Å². The predicted molar refractivity (Wildman–Crippen MR) is 57.8 cm³/mol. The fourth-order valence-corrected chi connectivity index (χ4v) is 1.49. The molecule has 2 rings (SSSR count). The monoisotopic (exact) mass is 207 g/mol. The van der Waals surface area contributed by atoms with Gasteiger partial charge in [0, 0.05) is 0 Å². The van der Waals surface area contributed by atoms with Gasteiger partial charge >= 0.3 is 0 Å². The Hall–Kier alpha value is -1.42. The van der Waals surface area contributed by atoms with E-state index in [2.05, 4.69) is 9.97 Å². The summed E-state index contributed by atoms with van der Waals surface area (Å²) in [6, 6.07) is 4.66. The third kappa shape index (κ3) is 1.72. The number of nitrogens with two attached hydrogens (primary N) is 1. The number of H-pyrrole nitrogens is 1. The summed E-state index contributed by atoms with van der Waals surface area (Å²) in [5, 5.41) is 0. The van der Waals surface area contributed by atoms with Gasteiger partial charge in [0.05, 0.1) is 11.6 Å². The minimum atomic E-state index is -0.314. The molecule has 80 valence electrons. The molecule has 15 heavy (non-hydrogen) atoms. The number of fused-ring (bicyclic) bond motifs is 1. The summed E-state index contributed by atoms with van der Waals surface area (Å²) in [7, 11) is 0. The molecule has 0 saturated carbocycles. The van der Waals surface area contributed by atoms with Gasteiger partial charge in [0.25, 0.3) is 0 Å². The molecule has 1 aromatic carbocycles. The Morgan fingerprint density at radius 2 is 2.13 bits per heavy atom. The first kappa shape index (κ1) is 10.1. The van der Waals surface area contributed by atoms with Gasteiger partial charge in [0.15, 0.2) is 5.82 Å². The lowest BCUT2D eigenvalue weighted by molar-refractivity contribution is 0.495. The smallest absolute Gasteiger partial charge is 0.151 e. The van der Waals surface area contributed by atoms with E-state index in [1.54, 1.807) is 12.1 Å². The second-order valence-electron chi connectivity index (χ2n) is 4.03. The molecule has 0 fully saturated rings. The van der Waals surface area contributed by atoms with Crippen LogP contribution in [0.25, 0.3) is 11.0 Å². The number of benzene rings is 1. The highest BCUT2D eigenvalue weighted by molar-refractivity contribution is 5.75. The lowest BCUT2D eigenvalue weighted by atomic mass is 10.1. The van der Waals surface area contributed by atoms with E-state index in [0.717, 1.165) is 0 Å². The zero-order chi connectivity index (χ0) is 11.0. The van der Waals surface area contributed by atoms with E-state index in [1.165, 1.54) is 6.07 Å². The SMILES string of the molecule is CC(C)[C@H](N)c1nc2c(F)cccc2[nH]1. The van der Waals surface area contributed by atoms with Gasteiger partial charge in [-0.05, 0) is 18.1 Å². The zero-order valence-corrected chi connectivity index (χ0v) is 8.79. The predicted octanol–water partition coefficient (Wildman–Crippen LogP) is 2.36. The molecule has 3 nitrogen and oxygen atoms in total. The Morgan fingerprint density at radius 1 is 1.40 bits per heavy atom. The van der Waals surface area contributed by atoms with E-state index >= 15 is 0 Å². The van der Waals surface area contributed by atoms with Crippen molar-refractivity contribution in [2.45, 2.75) is 19.9 Å². The Kier molecular flexibility index (Phi) is 2.44. The number of nitrogens with zero attached hydrogens (tertiary/aromatic N) is 1. The second-order valence-corrected chi connectivity index (χ2v) is 4.03. The lowest BCUT2D eigenvalue weighted by Gasteiger charge is -2.11. The Balaban J connectivity index is 2.52. The van der Waals surface area contributed by atoms with Crippen LogP contribution in [0.2, 0.25) is 0 Å². The van der Waals surface area contributed by atoms with Crippen molar-refractivity contribution in [2.24, 2.45) is 11.7 Å². The van der Waals surface area contributed by atoms with Crippen molar-refractivity contribution in [3.63, 3.8) is 0 Å². The molecular formula is C11H14FN3. The fraction of sp³-hybridized carbons (Fsp3) is 0.364. The quantitative estimate of drug-likeness (QED) is 0.794. The van der Waals surface area contributed by atoms with Gasteiger partial charge in [-0.3, -0.25) is 0 Å². The maximum absolute atomic E-state index is 13.3. The topological polar surface area (TPSA) is 54.7 Å². The van der Waals surface area contributed by atoms with E-state index in [4.69, 9.17) is 5.73 Å². The first-order valence-corrected chi connectivity index (χ1v) is 4.99. The molecule has 1 atom stereocenters. The molecule has 0 saturated heterocycles. The number of halogens is 1. The fourth-order valence-electron chi connectivity index (χ4n) is 1.49. The minimum Gasteiger partial charge on any atom is -0.341 e. The highest BCUT2D eigenvalue weighted by atomic mass is 19.1. The highest BCUT2D eigenvalue weighted by Gasteiger charge is 2.15. The lowest BCUT2D eigenvalue weighted by Crippen LogP contribution is -2.18. The van der Waals surface area contributed by atoms with Gasteiger partial charge in [0.2, 0.25) is 0 Å². The van der Waals surface area contributed by atoms with E-state index in [0.29, 0.717) is 16.9 Å². The molecule has 1 aromatic heterocycles. The molecule has 3 N–H and O–H groups in total. The average molecular weight is 207 g/mol. The molecule has 1 heterocycles. The van der Waals surface area contributed by atoms with Crippen molar-refractivity contribution < 1.29 is 4.39 Å². The first-order chi connectivity index (χ1) is 7.09.